The molecule has 1 aliphatic rings. The lowest BCUT2D eigenvalue weighted by atomic mass is 9.99. The second-order valence-electron chi connectivity index (χ2n) is 10.4. The number of rotatable bonds is 9. The van der Waals surface area contributed by atoms with E-state index in [1.807, 2.05) is 11.0 Å². The summed E-state index contributed by atoms with van der Waals surface area (Å²) in [6, 6.07) is 23.0. The molecule has 4 aromatic rings. The summed E-state index contributed by atoms with van der Waals surface area (Å²) < 4.78 is 8.37. The van der Waals surface area contributed by atoms with Gasteiger partial charge < -0.3 is 14.2 Å². The predicted octanol–water partition coefficient (Wildman–Crippen LogP) is 7.16. The Morgan fingerprint density at radius 1 is 1.05 bits per heavy atom. The largest absolute Gasteiger partial charge is 0.494 e. The van der Waals surface area contributed by atoms with E-state index in [1.165, 1.54) is 11.1 Å². The Hall–Kier alpha value is -3.60. The molecule has 37 heavy (non-hydrogen) atoms. The molecule has 0 saturated carbocycles. The van der Waals surface area contributed by atoms with Crippen LogP contribution in [0.25, 0.3) is 11.0 Å². The van der Waals surface area contributed by atoms with Gasteiger partial charge in [-0.15, -0.1) is 0 Å². The highest BCUT2D eigenvalue weighted by molar-refractivity contribution is 5.97. The number of amides is 1. The molecule has 5 nitrogen and oxygen atoms in total. The van der Waals surface area contributed by atoms with E-state index in [1.54, 1.807) is 0 Å². The van der Waals surface area contributed by atoms with Crippen LogP contribution in [0.3, 0.4) is 0 Å². The fraction of sp³-hybridized carbons (Fsp3) is 0.375. The van der Waals surface area contributed by atoms with E-state index in [0.29, 0.717) is 25.5 Å². The van der Waals surface area contributed by atoms with E-state index < -0.39 is 0 Å². The van der Waals surface area contributed by atoms with Crippen molar-refractivity contribution in [3.8, 4) is 5.75 Å². The van der Waals surface area contributed by atoms with Crippen molar-refractivity contribution >= 4 is 22.6 Å². The Kier molecular flexibility index (Phi) is 7.31. The lowest BCUT2D eigenvalue weighted by molar-refractivity contribution is -0.117. The predicted molar refractivity (Wildman–Crippen MR) is 151 cm³/mol. The SMILES string of the molecule is CCC(C)c1ccc(OCCCn2c(C3CC(=O)N(c4ccc(C)cc4C)C3)nc3ccccc32)cc1. The van der Waals surface area contributed by atoms with Crippen molar-refractivity contribution in [2.24, 2.45) is 0 Å². The first kappa shape index (κ1) is 25.1. The molecule has 2 atom stereocenters. The third kappa shape index (κ3) is 5.27. The molecule has 1 saturated heterocycles. The van der Waals surface area contributed by atoms with E-state index >= 15 is 0 Å². The minimum Gasteiger partial charge on any atom is -0.494 e. The van der Waals surface area contributed by atoms with Gasteiger partial charge in [0.2, 0.25) is 5.91 Å². The molecule has 5 rings (SSSR count). The zero-order valence-electron chi connectivity index (χ0n) is 22.4. The molecule has 0 radical (unpaired) electrons. The number of para-hydroxylation sites is 2. The Morgan fingerprint density at radius 3 is 2.59 bits per heavy atom. The molecule has 2 unspecified atom stereocenters. The number of carbonyl (C=O) groups excluding carboxylic acids is 1. The number of imidazole rings is 1. The monoisotopic (exact) mass is 495 g/mol. The third-order valence-corrected chi connectivity index (χ3v) is 7.67. The van der Waals surface area contributed by atoms with Crippen LogP contribution in [0.1, 0.15) is 67.5 Å². The number of anilines is 1. The van der Waals surface area contributed by atoms with Gasteiger partial charge in [0, 0.05) is 31.1 Å². The van der Waals surface area contributed by atoms with Crippen LogP contribution in [0.15, 0.2) is 66.7 Å². The van der Waals surface area contributed by atoms with Crippen molar-refractivity contribution in [3.05, 3.63) is 89.2 Å². The summed E-state index contributed by atoms with van der Waals surface area (Å²) in [5, 5.41) is 0. The van der Waals surface area contributed by atoms with Gasteiger partial charge in [0.1, 0.15) is 11.6 Å². The number of fused-ring (bicyclic) bond motifs is 1. The number of hydrogen-bond acceptors (Lipinski definition) is 3. The second kappa shape index (κ2) is 10.8. The van der Waals surface area contributed by atoms with Gasteiger partial charge in [-0.2, -0.15) is 0 Å². The molecule has 0 aliphatic carbocycles. The fourth-order valence-electron chi connectivity index (χ4n) is 5.40. The van der Waals surface area contributed by atoms with Crippen LogP contribution in [-0.2, 0) is 11.3 Å². The number of benzene rings is 3. The molecule has 1 aliphatic heterocycles. The van der Waals surface area contributed by atoms with Crippen LogP contribution < -0.4 is 9.64 Å². The Balaban J connectivity index is 1.30. The highest BCUT2D eigenvalue weighted by Crippen LogP contribution is 2.35. The second-order valence-corrected chi connectivity index (χ2v) is 10.4. The van der Waals surface area contributed by atoms with Gasteiger partial charge in [0.15, 0.2) is 0 Å². The van der Waals surface area contributed by atoms with Crippen LogP contribution >= 0.6 is 0 Å². The van der Waals surface area contributed by atoms with Crippen molar-refractivity contribution in [2.45, 2.75) is 65.3 Å². The van der Waals surface area contributed by atoms with Gasteiger partial charge >= 0.3 is 0 Å². The number of nitrogens with zero attached hydrogens (tertiary/aromatic N) is 3. The first-order valence-corrected chi connectivity index (χ1v) is 13.5. The Labute approximate surface area is 220 Å². The van der Waals surface area contributed by atoms with E-state index in [2.05, 4.69) is 92.9 Å². The van der Waals surface area contributed by atoms with E-state index in [-0.39, 0.29) is 11.8 Å². The normalized spacial score (nSPS) is 16.5. The van der Waals surface area contributed by atoms with Crippen molar-refractivity contribution < 1.29 is 9.53 Å². The number of aromatic nitrogens is 2. The van der Waals surface area contributed by atoms with Crippen LogP contribution in [0, 0.1) is 13.8 Å². The van der Waals surface area contributed by atoms with Gasteiger partial charge in [0.05, 0.1) is 17.6 Å². The quantitative estimate of drug-likeness (QED) is 0.232. The van der Waals surface area contributed by atoms with Gasteiger partial charge in [-0.3, -0.25) is 4.79 Å². The highest BCUT2D eigenvalue weighted by atomic mass is 16.5. The summed E-state index contributed by atoms with van der Waals surface area (Å²) in [4.78, 5) is 20.0. The molecule has 5 heteroatoms. The Bertz CT molecular complexity index is 1390. The maximum atomic E-state index is 13.1. The number of carbonyl (C=O) groups is 1. The lowest BCUT2D eigenvalue weighted by Crippen LogP contribution is -2.25. The minimum absolute atomic E-state index is 0.0645. The Morgan fingerprint density at radius 2 is 1.84 bits per heavy atom. The molecule has 3 aromatic carbocycles. The first-order chi connectivity index (χ1) is 17.9. The fourth-order valence-corrected chi connectivity index (χ4v) is 5.40. The summed E-state index contributed by atoms with van der Waals surface area (Å²) in [7, 11) is 0. The van der Waals surface area contributed by atoms with Crippen LogP contribution in [0.4, 0.5) is 5.69 Å². The number of hydrogen-bond donors (Lipinski definition) is 0. The first-order valence-electron chi connectivity index (χ1n) is 13.5. The third-order valence-electron chi connectivity index (χ3n) is 7.67. The summed E-state index contributed by atoms with van der Waals surface area (Å²) in [6.45, 7) is 10.7. The topological polar surface area (TPSA) is 47.4 Å². The zero-order chi connectivity index (χ0) is 25.9. The maximum Gasteiger partial charge on any atom is 0.227 e. The summed E-state index contributed by atoms with van der Waals surface area (Å²) in [6.07, 6.45) is 2.48. The van der Waals surface area contributed by atoms with Gasteiger partial charge in [0.25, 0.3) is 0 Å². The zero-order valence-corrected chi connectivity index (χ0v) is 22.4. The van der Waals surface area contributed by atoms with E-state index in [9.17, 15) is 4.79 Å². The summed E-state index contributed by atoms with van der Waals surface area (Å²) in [5.74, 6) is 2.71. The molecule has 0 spiro atoms. The van der Waals surface area contributed by atoms with Crippen molar-refractivity contribution in [3.63, 3.8) is 0 Å². The van der Waals surface area contributed by atoms with Crippen molar-refractivity contribution in [1.82, 2.24) is 9.55 Å². The van der Waals surface area contributed by atoms with Crippen molar-refractivity contribution in [1.29, 1.82) is 0 Å². The average molecular weight is 496 g/mol. The van der Waals surface area contributed by atoms with E-state index in [0.717, 1.165) is 53.2 Å². The number of ether oxygens (including phenoxy) is 1. The molecule has 0 bridgehead atoms. The van der Waals surface area contributed by atoms with Gasteiger partial charge in [-0.1, -0.05) is 55.8 Å². The molecule has 0 N–H and O–H groups in total. The van der Waals surface area contributed by atoms with Gasteiger partial charge in [-0.25, -0.2) is 4.98 Å². The van der Waals surface area contributed by atoms with Gasteiger partial charge in [-0.05, 0) is 74.1 Å². The highest BCUT2D eigenvalue weighted by Gasteiger charge is 2.35. The average Bonchev–Trinajstić information content (AvgIpc) is 3.47. The molecule has 192 valence electrons. The molecular formula is C32H37N3O2. The maximum absolute atomic E-state index is 13.1. The van der Waals surface area contributed by atoms with Crippen LogP contribution in [-0.4, -0.2) is 28.6 Å². The molecule has 2 heterocycles. The summed E-state index contributed by atoms with van der Waals surface area (Å²) in [5.41, 5.74) is 6.81. The minimum atomic E-state index is 0.0645. The molecular weight excluding hydrogens is 458 g/mol. The summed E-state index contributed by atoms with van der Waals surface area (Å²) >= 11 is 0. The van der Waals surface area contributed by atoms with E-state index in [4.69, 9.17) is 9.72 Å². The smallest absolute Gasteiger partial charge is 0.227 e. The van der Waals surface area contributed by atoms with Crippen molar-refractivity contribution in [2.75, 3.05) is 18.1 Å². The molecule has 1 aromatic heterocycles. The molecule has 1 amide bonds. The standard InChI is InChI=1S/C32H37N3O2/c1-5-23(3)25-12-14-27(15-13-25)37-18-8-17-34-30-10-7-6-9-28(30)33-32(34)26-20-31(36)35(21-26)29-16-11-22(2)19-24(29)4/h6-7,9-16,19,23,26H,5,8,17-18,20-21H2,1-4H3. The van der Waals surface area contributed by atoms with Crippen LogP contribution in [0.5, 0.6) is 5.75 Å². The molecule has 1 fully saturated rings. The number of aryl methyl sites for hydroxylation is 3. The van der Waals surface area contributed by atoms with Crippen LogP contribution in [0.2, 0.25) is 0 Å². The lowest BCUT2D eigenvalue weighted by Gasteiger charge is -2.20.